The first-order chi connectivity index (χ1) is 23.1. The highest BCUT2D eigenvalue weighted by molar-refractivity contribution is 5.79. The normalized spacial score (nSPS) is 13.6. The predicted octanol–water partition coefficient (Wildman–Crippen LogP) is 9.77. The van der Waals surface area contributed by atoms with Gasteiger partial charge in [-0.05, 0) is 110 Å². The molecule has 3 aromatic heterocycles. The van der Waals surface area contributed by atoms with Gasteiger partial charge in [0, 0.05) is 45.3 Å². The van der Waals surface area contributed by atoms with Crippen molar-refractivity contribution in [2.24, 2.45) is 0 Å². The molecule has 2 atom stereocenters. The Balaban J connectivity index is 1.32. The number of fused-ring (bicyclic) bond motifs is 8. The van der Waals surface area contributed by atoms with Gasteiger partial charge in [0.15, 0.2) is 0 Å². The molecule has 0 amide bonds. The number of nitrogens with zero attached hydrogens (tertiary/aromatic N) is 2. The molecule has 6 nitrogen and oxygen atoms in total. The number of ether oxygens (including phenoxy) is 2. The zero-order valence-corrected chi connectivity index (χ0v) is 26.0. The maximum atomic E-state index is 13.8. The molecule has 0 saturated heterocycles. The summed E-state index contributed by atoms with van der Waals surface area (Å²) in [5.74, 6) is -2.66. The Morgan fingerprint density at radius 1 is 0.500 bits per heavy atom. The van der Waals surface area contributed by atoms with Crippen molar-refractivity contribution in [3.05, 3.63) is 141 Å². The van der Waals surface area contributed by atoms with E-state index in [0.29, 0.717) is 11.1 Å². The van der Waals surface area contributed by atoms with Gasteiger partial charge in [-0.2, -0.15) is 0 Å². The number of halogens is 4. The molecule has 242 valence electrons. The van der Waals surface area contributed by atoms with E-state index in [4.69, 9.17) is 19.4 Å². The monoisotopic (exact) mass is 650 g/mol. The first kappa shape index (κ1) is 31.3. The van der Waals surface area contributed by atoms with Gasteiger partial charge in [0.1, 0.15) is 23.3 Å². The summed E-state index contributed by atoms with van der Waals surface area (Å²) in [6, 6.07) is 18.2. The molecule has 0 fully saturated rings. The van der Waals surface area contributed by atoms with Crippen LogP contribution in [0.3, 0.4) is 0 Å². The molecule has 8 bridgehead atoms. The fraction of sp³-hybridized carbons (Fsp3) is 0.158. The molecule has 2 unspecified atom stereocenters. The molecule has 0 spiro atoms. The smallest absolute Gasteiger partial charge is 0.126 e. The summed E-state index contributed by atoms with van der Waals surface area (Å²) in [5, 5.41) is 0. The lowest BCUT2D eigenvalue weighted by atomic mass is 10.1. The number of benzene rings is 2. The average molecular weight is 651 g/mol. The van der Waals surface area contributed by atoms with Crippen LogP contribution in [0.2, 0.25) is 0 Å². The fourth-order valence-corrected chi connectivity index (χ4v) is 5.82. The van der Waals surface area contributed by atoms with Gasteiger partial charge in [-0.1, -0.05) is 0 Å². The lowest BCUT2D eigenvalue weighted by molar-refractivity contribution is 0.0532. The van der Waals surface area contributed by atoms with E-state index in [2.05, 4.69) is 9.97 Å². The number of hydrogen-bond acceptors (Lipinski definition) is 4. The number of hydrogen-bond donors (Lipinski definition) is 2. The van der Waals surface area contributed by atoms with Crippen LogP contribution in [0, 0.1) is 23.3 Å². The summed E-state index contributed by atoms with van der Waals surface area (Å²) in [5.41, 5.74) is 8.43. The van der Waals surface area contributed by atoms with Crippen LogP contribution in [0.15, 0.2) is 72.8 Å². The lowest BCUT2D eigenvalue weighted by Crippen LogP contribution is -2.01. The zero-order chi connectivity index (χ0) is 33.4. The predicted molar refractivity (Wildman–Crippen MR) is 178 cm³/mol. The summed E-state index contributed by atoms with van der Waals surface area (Å²) in [6.07, 6.45) is 6.75. The van der Waals surface area contributed by atoms with Gasteiger partial charge in [0.05, 0.1) is 48.2 Å². The molecular weight excluding hydrogens is 620 g/mol. The van der Waals surface area contributed by atoms with Crippen LogP contribution in [0.25, 0.3) is 46.4 Å². The number of H-pyrrole nitrogens is 2. The minimum absolute atomic E-state index is 0.00570. The first-order valence-electron chi connectivity index (χ1n) is 15.4. The highest BCUT2D eigenvalue weighted by Gasteiger charge is 2.15. The Hall–Kier alpha value is -5.32. The number of rotatable bonds is 8. The maximum absolute atomic E-state index is 13.8. The van der Waals surface area contributed by atoms with Crippen LogP contribution in [-0.2, 0) is 22.7 Å². The van der Waals surface area contributed by atoms with Gasteiger partial charge >= 0.3 is 0 Å². The van der Waals surface area contributed by atoms with Gasteiger partial charge in [0.25, 0.3) is 0 Å². The van der Waals surface area contributed by atoms with Crippen LogP contribution in [-0.4, -0.2) is 19.9 Å². The van der Waals surface area contributed by atoms with E-state index >= 15 is 0 Å². The molecule has 0 radical (unpaired) electrons. The molecular formula is C38H30F4N4O2. The number of aromatic amines is 2. The van der Waals surface area contributed by atoms with Crippen LogP contribution >= 0.6 is 0 Å². The van der Waals surface area contributed by atoms with Crippen LogP contribution < -0.4 is 0 Å². The highest BCUT2D eigenvalue weighted by Crippen LogP contribution is 2.30. The Labute approximate surface area is 273 Å². The van der Waals surface area contributed by atoms with E-state index in [0.717, 1.165) is 68.1 Å². The molecule has 2 N–H and O–H groups in total. The summed E-state index contributed by atoms with van der Waals surface area (Å²) in [7, 11) is 0. The van der Waals surface area contributed by atoms with Crippen LogP contribution in [0.4, 0.5) is 17.6 Å². The summed E-state index contributed by atoms with van der Waals surface area (Å²) in [6.45, 7) is 3.76. The first-order valence-corrected chi connectivity index (χ1v) is 15.4. The molecule has 5 aromatic rings. The Morgan fingerprint density at radius 3 is 1.38 bits per heavy atom. The maximum Gasteiger partial charge on any atom is 0.126 e. The molecule has 0 aliphatic carbocycles. The van der Waals surface area contributed by atoms with Gasteiger partial charge in [0.2, 0.25) is 0 Å². The van der Waals surface area contributed by atoms with E-state index in [9.17, 15) is 17.6 Å². The molecule has 0 saturated carbocycles. The third-order valence-corrected chi connectivity index (χ3v) is 8.08. The Morgan fingerprint density at radius 2 is 0.896 bits per heavy atom. The Kier molecular flexibility index (Phi) is 8.51. The second kappa shape index (κ2) is 13.1. The summed E-state index contributed by atoms with van der Waals surface area (Å²) in [4.78, 5) is 16.4. The van der Waals surface area contributed by atoms with Crippen LogP contribution in [0.5, 0.6) is 0 Å². The zero-order valence-electron chi connectivity index (χ0n) is 26.0. The largest absolute Gasteiger partial charge is 0.369 e. The highest BCUT2D eigenvalue weighted by atomic mass is 19.1. The lowest BCUT2D eigenvalue weighted by Gasteiger charge is -2.13. The van der Waals surface area contributed by atoms with Crippen LogP contribution in [0.1, 0.15) is 71.1 Å². The van der Waals surface area contributed by atoms with E-state index in [1.165, 1.54) is 24.3 Å². The van der Waals surface area contributed by atoms with E-state index in [1.54, 1.807) is 0 Å². The number of aromatic nitrogens is 4. The quantitative estimate of drug-likeness (QED) is 0.161. The van der Waals surface area contributed by atoms with E-state index in [1.807, 2.05) is 74.5 Å². The van der Waals surface area contributed by atoms with Crippen molar-refractivity contribution >= 4 is 46.4 Å². The van der Waals surface area contributed by atoms with Crippen molar-refractivity contribution < 1.29 is 27.0 Å². The summed E-state index contributed by atoms with van der Waals surface area (Å²) < 4.78 is 67.4. The molecule has 2 aliphatic rings. The second-order valence-corrected chi connectivity index (χ2v) is 11.8. The van der Waals surface area contributed by atoms with Crippen molar-refractivity contribution in [2.45, 2.75) is 39.3 Å². The fourth-order valence-electron chi connectivity index (χ4n) is 5.82. The minimum atomic E-state index is -0.666. The molecule has 5 heterocycles. The average Bonchev–Trinajstić information content (AvgIpc) is 3.83. The van der Waals surface area contributed by atoms with Gasteiger partial charge in [-0.3, -0.25) is 0 Å². The van der Waals surface area contributed by atoms with Crippen molar-refractivity contribution in [2.75, 3.05) is 0 Å². The summed E-state index contributed by atoms with van der Waals surface area (Å²) >= 11 is 0. The van der Waals surface area contributed by atoms with E-state index < -0.39 is 35.5 Å². The van der Waals surface area contributed by atoms with Gasteiger partial charge in [-0.15, -0.1) is 0 Å². The molecule has 10 heteroatoms. The van der Waals surface area contributed by atoms with Gasteiger partial charge in [-0.25, -0.2) is 27.5 Å². The molecule has 7 rings (SSSR count). The minimum Gasteiger partial charge on any atom is -0.369 e. The SMILES string of the molecule is CC(OCc1cc(F)cc(F)c1)c1cc2cc3[nH]c(cc4nc(cc5nc(cc1[nH]2)C=C5)C=C4)cc3C(C)OCc1cc(F)cc(F)c1. The third kappa shape index (κ3) is 7.15. The molecule has 2 aliphatic heterocycles. The second-order valence-electron chi connectivity index (χ2n) is 11.8. The van der Waals surface area contributed by atoms with Crippen molar-refractivity contribution in [1.82, 2.24) is 19.9 Å². The standard InChI is InChI=1S/C38H30F4N4O2/c1-21(47-19-23-7-25(39)11-26(40)8-23)35-15-33-14-31-4-3-29(43-31)13-30-5-6-32(44-30)17-37-36(16-34(46-37)18-38(35)45-33)22(2)48-20-24-9-27(41)12-28(42)10-24/h3-18,21-22,45-46H,19-20H2,1-2H3. The third-order valence-electron chi connectivity index (χ3n) is 8.08. The Bertz CT molecular complexity index is 2210. The number of nitrogens with one attached hydrogen (secondary N) is 2. The molecule has 2 aromatic carbocycles. The van der Waals surface area contributed by atoms with Crippen molar-refractivity contribution in [3.8, 4) is 0 Å². The van der Waals surface area contributed by atoms with Crippen molar-refractivity contribution in [3.63, 3.8) is 0 Å². The molecule has 48 heavy (non-hydrogen) atoms. The van der Waals surface area contributed by atoms with Crippen molar-refractivity contribution in [1.29, 1.82) is 0 Å². The van der Waals surface area contributed by atoms with Gasteiger partial charge < -0.3 is 19.4 Å². The van der Waals surface area contributed by atoms with E-state index in [-0.39, 0.29) is 13.2 Å². The topological polar surface area (TPSA) is 75.8 Å².